The van der Waals surface area contributed by atoms with E-state index >= 15 is 0 Å². The third kappa shape index (κ3) is 4.72. The highest BCUT2D eigenvalue weighted by molar-refractivity contribution is 6.00. The first-order valence-electron chi connectivity index (χ1n) is 10.4. The predicted octanol–water partition coefficient (Wildman–Crippen LogP) is 5.10. The smallest absolute Gasteiger partial charge is 0.255 e. The number of pyridine rings is 1. The molecule has 1 atom stereocenters. The summed E-state index contributed by atoms with van der Waals surface area (Å²) in [5, 5.41) is 7.90. The maximum atomic E-state index is 13.3. The first-order chi connectivity index (χ1) is 15.0. The molecule has 2 aromatic heterocycles. The minimum absolute atomic E-state index is 0.138. The van der Waals surface area contributed by atoms with Gasteiger partial charge < -0.3 is 5.32 Å². The minimum Gasteiger partial charge on any atom is -0.345 e. The van der Waals surface area contributed by atoms with E-state index in [4.69, 9.17) is 5.10 Å². The zero-order valence-electron chi connectivity index (χ0n) is 18.0. The molecule has 31 heavy (non-hydrogen) atoms. The molecule has 2 heterocycles. The summed E-state index contributed by atoms with van der Waals surface area (Å²) < 4.78 is 1.84. The van der Waals surface area contributed by atoms with Gasteiger partial charge in [-0.15, -0.1) is 0 Å². The van der Waals surface area contributed by atoms with Crippen LogP contribution in [0.15, 0.2) is 79.3 Å². The van der Waals surface area contributed by atoms with Crippen molar-refractivity contribution in [3.8, 4) is 11.3 Å². The molecule has 0 unspecified atom stereocenters. The van der Waals surface area contributed by atoms with Crippen LogP contribution in [0.25, 0.3) is 11.3 Å². The van der Waals surface area contributed by atoms with Gasteiger partial charge in [-0.2, -0.15) is 5.10 Å². The zero-order valence-corrected chi connectivity index (χ0v) is 18.0. The number of nitrogens with zero attached hydrogens (tertiary/aromatic N) is 3. The van der Waals surface area contributed by atoms with E-state index in [1.54, 1.807) is 12.4 Å². The van der Waals surface area contributed by atoms with Crippen molar-refractivity contribution in [2.45, 2.75) is 33.4 Å². The van der Waals surface area contributed by atoms with Gasteiger partial charge in [0.1, 0.15) is 5.69 Å². The van der Waals surface area contributed by atoms with Crippen molar-refractivity contribution >= 4 is 5.91 Å². The number of benzene rings is 2. The molecule has 0 saturated carbocycles. The van der Waals surface area contributed by atoms with Gasteiger partial charge in [-0.1, -0.05) is 42.5 Å². The number of carbonyl (C=O) groups is 1. The van der Waals surface area contributed by atoms with Gasteiger partial charge >= 0.3 is 0 Å². The molecule has 4 aromatic rings. The van der Waals surface area contributed by atoms with Crippen LogP contribution >= 0.6 is 0 Å². The van der Waals surface area contributed by atoms with Crippen LogP contribution in [0.5, 0.6) is 0 Å². The number of rotatable bonds is 6. The summed E-state index contributed by atoms with van der Waals surface area (Å²) >= 11 is 0. The van der Waals surface area contributed by atoms with Crippen molar-refractivity contribution in [1.29, 1.82) is 0 Å². The molecule has 1 N–H and O–H groups in total. The van der Waals surface area contributed by atoms with E-state index in [2.05, 4.69) is 48.4 Å². The number of aromatic nitrogens is 3. The van der Waals surface area contributed by atoms with Crippen molar-refractivity contribution < 1.29 is 4.79 Å². The number of amides is 1. The van der Waals surface area contributed by atoms with Gasteiger partial charge in [0, 0.05) is 24.2 Å². The second-order valence-electron chi connectivity index (χ2n) is 7.85. The maximum Gasteiger partial charge on any atom is 0.255 e. The normalized spacial score (nSPS) is 11.8. The molecule has 0 aliphatic rings. The molecule has 0 radical (unpaired) electrons. The summed E-state index contributed by atoms with van der Waals surface area (Å²) in [7, 11) is 0. The Morgan fingerprint density at radius 1 is 1.00 bits per heavy atom. The fourth-order valence-corrected chi connectivity index (χ4v) is 3.55. The minimum atomic E-state index is -0.142. The Bertz CT molecular complexity index is 1180. The maximum absolute atomic E-state index is 13.3. The van der Waals surface area contributed by atoms with E-state index in [-0.39, 0.29) is 11.9 Å². The highest BCUT2D eigenvalue weighted by Gasteiger charge is 2.20. The second-order valence-corrected chi connectivity index (χ2v) is 7.85. The van der Waals surface area contributed by atoms with E-state index in [1.807, 2.05) is 54.2 Å². The van der Waals surface area contributed by atoms with Gasteiger partial charge in [0.25, 0.3) is 5.91 Å². The van der Waals surface area contributed by atoms with Gasteiger partial charge in [-0.25, -0.2) is 0 Å². The molecule has 0 aliphatic carbocycles. The zero-order chi connectivity index (χ0) is 21.8. The van der Waals surface area contributed by atoms with Crippen LogP contribution in [-0.4, -0.2) is 20.7 Å². The molecule has 156 valence electrons. The van der Waals surface area contributed by atoms with Crippen LogP contribution in [0, 0.1) is 13.8 Å². The highest BCUT2D eigenvalue weighted by Crippen LogP contribution is 2.25. The highest BCUT2D eigenvalue weighted by atomic mass is 16.1. The summed E-state index contributed by atoms with van der Waals surface area (Å²) in [4.78, 5) is 17.3. The lowest BCUT2D eigenvalue weighted by molar-refractivity contribution is 0.0940. The van der Waals surface area contributed by atoms with Crippen molar-refractivity contribution in [2.75, 3.05) is 0 Å². The van der Waals surface area contributed by atoms with E-state index in [0.29, 0.717) is 17.8 Å². The summed E-state index contributed by atoms with van der Waals surface area (Å²) in [5.74, 6) is -0.142. The van der Waals surface area contributed by atoms with Crippen molar-refractivity contribution in [1.82, 2.24) is 20.1 Å². The number of hydrogen-bond donors (Lipinski definition) is 1. The quantitative estimate of drug-likeness (QED) is 0.481. The van der Waals surface area contributed by atoms with Crippen LogP contribution in [0.3, 0.4) is 0 Å². The molecular weight excluding hydrogens is 384 g/mol. The standard InChI is InChI=1S/C26H26N4O/c1-18-9-10-23(15-19(18)2)25-24(17-30(29-25)16-21-7-5-4-6-8-21)26(31)28-20(3)22-11-13-27-14-12-22/h4-15,17,20H,16H2,1-3H3,(H,28,31)/t20-/m1/s1. The van der Waals surface area contributed by atoms with Gasteiger partial charge in [-0.05, 0) is 61.2 Å². The van der Waals surface area contributed by atoms with Gasteiger partial charge in [0.15, 0.2) is 0 Å². The van der Waals surface area contributed by atoms with Crippen LogP contribution in [0.1, 0.15) is 45.6 Å². The Balaban J connectivity index is 1.68. The lowest BCUT2D eigenvalue weighted by atomic mass is 10.0. The third-order valence-electron chi connectivity index (χ3n) is 5.53. The fraction of sp³-hybridized carbons (Fsp3) is 0.192. The van der Waals surface area contributed by atoms with Gasteiger partial charge in [0.05, 0.1) is 18.2 Å². The van der Waals surface area contributed by atoms with Gasteiger partial charge in [0.2, 0.25) is 0 Å². The lowest BCUT2D eigenvalue weighted by Gasteiger charge is -2.14. The number of carbonyl (C=O) groups excluding carboxylic acids is 1. The van der Waals surface area contributed by atoms with E-state index in [9.17, 15) is 4.79 Å². The van der Waals surface area contributed by atoms with E-state index in [0.717, 1.165) is 16.7 Å². The molecule has 0 saturated heterocycles. The largest absolute Gasteiger partial charge is 0.345 e. The fourth-order valence-electron chi connectivity index (χ4n) is 3.55. The van der Waals surface area contributed by atoms with Crippen molar-refractivity contribution in [3.05, 3.63) is 107 Å². The third-order valence-corrected chi connectivity index (χ3v) is 5.53. The second kappa shape index (κ2) is 8.96. The topological polar surface area (TPSA) is 59.8 Å². The Labute approximate surface area is 182 Å². The SMILES string of the molecule is Cc1ccc(-c2nn(Cc3ccccc3)cc2C(=O)N[C@H](C)c2ccncc2)cc1C. The molecule has 5 heteroatoms. The Hall–Kier alpha value is -3.73. The summed E-state index contributed by atoms with van der Waals surface area (Å²) in [5.41, 5.74) is 6.73. The van der Waals surface area contributed by atoms with Crippen molar-refractivity contribution in [3.63, 3.8) is 0 Å². The molecule has 1 amide bonds. The molecule has 5 nitrogen and oxygen atoms in total. The molecular formula is C26H26N4O. The number of nitrogens with one attached hydrogen (secondary N) is 1. The van der Waals surface area contributed by atoms with E-state index < -0.39 is 0 Å². The average Bonchev–Trinajstić information content (AvgIpc) is 3.21. The van der Waals surface area contributed by atoms with Crippen molar-refractivity contribution in [2.24, 2.45) is 0 Å². The molecule has 0 aliphatic heterocycles. The first kappa shape index (κ1) is 20.5. The molecule has 4 rings (SSSR count). The first-order valence-corrected chi connectivity index (χ1v) is 10.4. The van der Waals surface area contributed by atoms with Gasteiger partial charge in [-0.3, -0.25) is 14.5 Å². The van der Waals surface area contributed by atoms with Crippen LogP contribution in [0.2, 0.25) is 0 Å². The summed E-state index contributed by atoms with van der Waals surface area (Å²) in [6.45, 7) is 6.73. The van der Waals surface area contributed by atoms with Crippen LogP contribution in [-0.2, 0) is 6.54 Å². The predicted molar refractivity (Wildman–Crippen MR) is 123 cm³/mol. The molecule has 0 fully saturated rings. The number of hydrogen-bond acceptors (Lipinski definition) is 3. The molecule has 2 aromatic carbocycles. The van der Waals surface area contributed by atoms with Crippen LogP contribution < -0.4 is 5.32 Å². The summed E-state index contributed by atoms with van der Waals surface area (Å²) in [6, 6.07) is 20.0. The monoisotopic (exact) mass is 410 g/mol. The lowest BCUT2D eigenvalue weighted by Crippen LogP contribution is -2.26. The Kier molecular flexibility index (Phi) is 5.94. The van der Waals surface area contributed by atoms with Crippen LogP contribution in [0.4, 0.5) is 0 Å². The Morgan fingerprint density at radius 2 is 1.74 bits per heavy atom. The Morgan fingerprint density at radius 3 is 2.45 bits per heavy atom. The van der Waals surface area contributed by atoms with E-state index in [1.165, 1.54) is 11.1 Å². The average molecular weight is 411 g/mol. The molecule has 0 bridgehead atoms. The molecule has 0 spiro atoms. The number of aryl methyl sites for hydroxylation is 2. The summed E-state index contributed by atoms with van der Waals surface area (Å²) in [6.07, 6.45) is 5.30.